The topological polar surface area (TPSA) is 55.4 Å². The van der Waals surface area contributed by atoms with Gasteiger partial charge in [-0.2, -0.15) is 0 Å². The first-order valence-corrected chi connectivity index (χ1v) is 8.18. The van der Waals surface area contributed by atoms with Gasteiger partial charge in [-0.05, 0) is 38.0 Å². The first kappa shape index (κ1) is 16.7. The van der Waals surface area contributed by atoms with Crippen LogP contribution in [0.3, 0.4) is 0 Å². The molecule has 1 aromatic carbocycles. The molecule has 0 radical (unpaired) electrons. The highest BCUT2D eigenvalue weighted by Crippen LogP contribution is 2.34. The Morgan fingerprint density at radius 2 is 2.05 bits per heavy atom. The number of rotatable bonds is 4. The van der Waals surface area contributed by atoms with Gasteiger partial charge in [0.25, 0.3) is 0 Å². The SMILES string of the molecule is CCC(C)OC(=O)C1=C(C)NC(=O)CC1c1ccc(Br)cc1. The highest BCUT2D eigenvalue weighted by atomic mass is 79.9. The van der Waals surface area contributed by atoms with E-state index in [9.17, 15) is 9.59 Å². The van der Waals surface area contributed by atoms with Gasteiger partial charge in [-0.3, -0.25) is 4.79 Å². The highest BCUT2D eigenvalue weighted by Gasteiger charge is 2.33. The van der Waals surface area contributed by atoms with Crippen LogP contribution in [-0.2, 0) is 14.3 Å². The van der Waals surface area contributed by atoms with Gasteiger partial charge in [-0.1, -0.05) is 35.0 Å². The van der Waals surface area contributed by atoms with E-state index in [-0.39, 0.29) is 30.3 Å². The minimum Gasteiger partial charge on any atom is -0.459 e. The van der Waals surface area contributed by atoms with E-state index in [4.69, 9.17) is 4.74 Å². The maximum atomic E-state index is 12.5. The number of ether oxygens (including phenoxy) is 1. The number of benzene rings is 1. The molecule has 1 aliphatic rings. The molecule has 2 unspecified atom stereocenters. The number of allylic oxidation sites excluding steroid dienone is 1. The molecule has 5 heteroatoms. The lowest BCUT2D eigenvalue weighted by molar-refractivity contribution is -0.144. The molecule has 0 bridgehead atoms. The molecule has 0 aliphatic carbocycles. The number of esters is 1. The molecular weight excluding hydrogens is 346 g/mol. The Labute approximate surface area is 139 Å². The molecule has 0 saturated carbocycles. The summed E-state index contributed by atoms with van der Waals surface area (Å²) < 4.78 is 6.42. The maximum Gasteiger partial charge on any atom is 0.336 e. The summed E-state index contributed by atoms with van der Waals surface area (Å²) in [6.45, 7) is 5.58. The Balaban J connectivity index is 2.36. The summed E-state index contributed by atoms with van der Waals surface area (Å²) in [6, 6.07) is 7.68. The Morgan fingerprint density at radius 1 is 1.41 bits per heavy atom. The van der Waals surface area contributed by atoms with Gasteiger partial charge in [0.05, 0.1) is 11.7 Å². The molecule has 0 spiro atoms. The largest absolute Gasteiger partial charge is 0.459 e. The number of hydrogen-bond acceptors (Lipinski definition) is 3. The molecule has 1 heterocycles. The second-order valence-corrected chi connectivity index (χ2v) is 6.43. The molecule has 22 heavy (non-hydrogen) atoms. The van der Waals surface area contributed by atoms with Crippen LogP contribution in [0, 0.1) is 0 Å². The lowest BCUT2D eigenvalue weighted by Gasteiger charge is -2.27. The van der Waals surface area contributed by atoms with Crippen molar-refractivity contribution in [2.24, 2.45) is 0 Å². The standard InChI is InChI=1S/C17H20BrNO3/c1-4-10(2)22-17(21)16-11(3)19-15(20)9-14(16)12-5-7-13(18)8-6-12/h5-8,10,14H,4,9H2,1-3H3,(H,19,20). The van der Waals surface area contributed by atoms with E-state index in [0.29, 0.717) is 11.3 Å². The van der Waals surface area contributed by atoms with Gasteiger partial charge in [0.2, 0.25) is 5.91 Å². The van der Waals surface area contributed by atoms with Crippen LogP contribution in [0.2, 0.25) is 0 Å². The quantitative estimate of drug-likeness (QED) is 0.828. The van der Waals surface area contributed by atoms with Crippen molar-refractivity contribution in [2.45, 2.75) is 45.6 Å². The smallest absolute Gasteiger partial charge is 0.336 e. The van der Waals surface area contributed by atoms with Crippen LogP contribution in [0.25, 0.3) is 0 Å². The van der Waals surface area contributed by atoms with E-state index >= 15 is 0 Å². The van der Waals surface area contributed by atoms with Crippen LogP contribution >= 0.6 is 15.9 Å². The zero-order valence-corrected chi connectivity index (χ0v) is 14.6. The van der Waals surface area contributed by atoms with Gasteiger partial charge in [0.1, 0.15) is 0 Å². The van der Waals surface area contributed by atoms with Crippen molar-refractivity contribution in [1.82, 2.24) is 5.32 Å². The number of nitrogens with one attached hydrogen (secondary N) is 1. The van der Waals surface area contributed by atoms with Gasteiger partial charge in [-0.15, -0.1) is 0 Å². The second-order valence-electron chi connectivity index (χ2n) is 5.52. The second kappa shape index (κ2) is 7.09. The van der Waals surface area contributed by atoms with Crippen molar-refractivity contribution < 1.29 is 14.3 Å². The molecule has 2 rings (SSSR count). The van der Waals surface area contributed by atoms with Crippen LogP contribution in [-0.4, -0.2) is 18.0 Å². The molecule has 118 valence electrons. The van der Waals surface area contributed by atoms with E-state index in [2.05, 4.69) is 21.2 Å². The van der Waals surface area contributed by atoms with E-state index < -0.39 is 0 Å². The van der Waals surface area contributed by atoms with Crippen LogP contribution < -0.4 is 5.32 Å². The summed E-state index contributed by atoms with van der Waals surface area (Å²) in [6.07, 6.45) is 0.869. The Bertz CT molecular complexity index is 607. The molecule has 0 aromatic heterocycles. The molecule has 0 saturated heterocycles. The third-order valence-electron chi connectivity index (χ3n) is 3.84. The summed E-state index contributed by atoms with van der Waals surface area (Å²) >= 11 is 3.40. The maximum absolute atomic E-state index is 12.5. The first-order valence-electron chi connectivity index (χ1n) is 7.39. The van der Waals surface area contributed by atoms with Crippen LogP contribution in [0.4, 0.5) is 0 Å². The average molecular weight is 366 g/mol. The van der Waals surface area contributed by atoms with E-state index in [1.165, 1.54) is 0 Å². The lowest BCUT2D eigenvalue weighted by Crippen LogP contribution is -2.34. The van der Waals surface area contributed by atoms with Crippen molar-refractivity contribution in [2.75, 3.05) is 0 Å². The molecule has 1 amide bonds. The lowest BCUT2D eigenvalue weighted by atomic mass is 9.84. The number of hydrogen-bond donors (Lipinski definition) is 1. The van der Waals surface area contributed by atoms with Crippen molar-refractivity contribution in [1.29, 1.82) is 0 Å². The van der Waals surface area contributed by atoms with Crippen molar-refractivity contribution >= 4 is 27.8 Å². The predicted molar refractivity (Wildman–Crippen MR) is 88.2 cm³/mol. The Kier molecular flexibility index (Phi) is 5.40. The normalized spacial score (nSPS) is 19.6. The highest BCUT2D eigenvalue weighted by molar-refractivity contribution is 9.10. The fourth-order valence-corrected chi connectivity index (χ4v) is 2.75. The van der Waals surface area contributed by atoms with Crippen LogP contribution in [0.5, 0.6) is 0 Å². The third-order valence-corrected chi connectivity index (χ3v) is 4.37. The average Bonchev–Trinajstić information content (AvgIpc) is 2.46. The number of carbonyl (C=O) groups is 2. The molecule has 4 nitrogen and oxygen atoms in total. The number of carbonyl (C=O) groups excluding carboxylic acids is 2. The molecule has 0 fully saturated rings. The summed E-state index contributed by atoms with van der Waals surface area (Å²) in [5, 5.41) is 2.74. The summed E-state index contributed by atoms with van der Waals surface area (Å²) in [5.41, 5.74) is 2.06. The molecule has 1 N–H and O–H groups in total. The van der Waals surface area contributed by atoms with Gasteiger partial charge in [-0.25, -0.2) is 4.79 Å². The third kappa shape index (κ3) is 3.77. The number of amides is 1. The van der Waals surface area contributed by atoms with Gasteiger partial charge >= 0.3 is 5.97 Å². The minimum atomic E-state index is -0.347. The van der Waals surface area contributed by atoms with E-state index in [0.717, 1.165) is 16.5 Å². The fourth-order valence-electron chi connectivity index (χ4n) is 2.48. The molecule has 1 aromatic rings. The van der Waals surface area contributed by atoms with Crippen molar-refractivity contribution in [3.8, 4) is 0 Å². The summed E-state index contributed by atoms with van der Waals surface area (Å²) in [5.74, 6) is -0.691. The van der Waals surface area contributed by atoms with Gasteiger partial charge in [0, 0.05) is 22.5 Å². The predicted octanol–water partition coefficient (Wildman–Crippen LogP) is 3.67. The van der Waals surface area contributed by atoms with Crippen molar-refractivity contribution in [3.05, 3.63) is 45.6 Å². The molecule has 1 aliphatic heterocycles. The van der Waals surface area contributed by atoms with E-state index in [1.54, 1.807) is 6.92 Å². The Morgan fingerprint density at radius 3 is 2.64 bits per heavy atom. The minimum absolute atomic E-state index is 0.0782. The van der Waals surface area contributed by atoms with Crippen LogP contribution in [0.15, 0.2) is 40.0 Å². The Hall–Kier alpha value is -1.62. The summed E-state index contributed by atoms with van der Waals surface area (Å²) in [4.78, 5) is 24.4. The van der Waals surface area contributed by atoms with Gasteiger partial charge in [0.15, 0.2) is 0 Å². The monoisotopic (exact) mass is 365 g/mol. The first-order chi connectivity index (χ1) is 10.4. The zero-order chi connectivity index (χ0) is 16.3. The van der Waals surface area contributed by atoms with E-state index in [1.807, 2.05) is 38.1 Å². The summed E-state index contributed by atoms with van der Waals surface area (Å²) in [7, 11) is 0. The fraction of sp³-hybridized carbons (Fsp3) is 0.412. The molecular formula is C17H20BrNO3. The van der Waals surface area contributed by atoms with Crippen molar-refractivity contribution in [3.63, 3.8) is 0 Å². The van der Waals surface area contributed by atoms with Gasteiger partial charge < -0.3 is 10.1 Å². The number of halogens is 1. The van der Waals surface area contributed by atoms with Crippen LogP contribution in [0.1, 0.15) is 45.1 Å². The molecule has 2 atom stereocenters. The zero-order valence-electron chi connectivity index (χ0n) is 13.0.